The number of halogens is 1. The molecule has 0 aliphatic carbocycles. The lowest BCUT2D eigenvalue weighted by molar-refractivity contribution is -0.00755. The zero-order chi connectivity index (χ0) is 17.7. The Bertz CT molecular complexity index is 657. The largest absolute Gasteiger partial charge is 0.366 e. The monoisotopic (exact) mass is 357 g/mol. The molecular weight excluding hydrogens is 330 g/mol. The van der Waals surface area contributed by atoms with Crippen LogP contribution in [0.1, 0.15) is 43.7 Å². The van der Waals surface area contributed by atoms with Crippen LogP contribution in [-0.4, -0.2) is 31.1 Å². The summed E-state index contributed by atoms with van der Waals surface area (Å²) in [5.74, 6) is 0. The second-order valence-electron chi connectivity index (χ2n) is 7.17. The van der Waals surface area contributed by atoms with Gasteiger partial charge in [-0.3, -0.25) is 0 Å². The Morgan fingerprint density at radius 2 is 1.76 bits per heavy atom. The van der Waals surface area contributed by atoms with Crippen LogP contribution in [0.15, 0.2) is 54.6 Å². The van der Waals surface area contributed by atoms with E-state index < -0.39 is 5.60 Å². The van der Waals surface area contributed by atoms with E-state index in [-0.39, 0.29) is 0 Å². The highest BCUT2D eigenvalue weighted by Crippen LogP contribution is 2.34. The lowest BCUT2D eigenvalue weighted by Crippen LogP contribution is -2.29. The van der Waals surface area contributed by atoms with Crippen molar-refractivity contribution in [2.24, 2.45) is 0 Å². The minimum Gasteiger partial charge on any atom is -0.366 e. The molecule has 0 bridgehead atoms. The van der Waals surface area contributed by atoms with Gasteiger partial charge < -0.3 is 9.64 Å². The standard InChI is InChI=1S/C22H28ClNO/c1-22(18-8-4-3-5-9-18,19-12-14-20(23)15-13-19)25-17-7-11-21-10-6-16-24(21)2/h3-5,8-9,12-15,21H,6-7,10-11,16-17H2,1-2H3/t21?,22-/m1/s1. The summed E-state index contributed by atoms with van der Waals surface area (Å²) < 4.78 is 6.48. The van der Waals surface area contributed by atoms with Gasteiger partial charge in [0.2, 0.25) is 0 Å². The Labute approximate surface area is 156 Å². The van der Waals surface area contributed by atoms with Crippen molar-refractivity contribution in [1.82, 2.24) is 4.90 Å². The fraction of sp³-hybridized carbons (Fsp3) is 0.455. The second kappa shape index (κ2) is 8.35. The van der Waals surface area contributed by atoms with Crippen LogP contribution in [0.3, 0.4) is 0 Å². The maximum absolute atomic E-state index is 6.48. The van der Waals surface area contributed by atoms with Crippen LogP contribution in [0.25, 0.3) is 0 Å². The Kier molecular flexibility index (Phi) is 6.16. The lowest BCUT2D eigenvalue weighted by atomic mass is 9.88. The Morgan fingerprint density at radius 3 is 2.40 bits per heavy atom. The van der Waals surface area contributed by atoms with E-state index in [0.717, 1.165) is 29.7 Å². The first-order valence-electron chi connectivity index (χ1n) is 9.25. The maximum atomic E-state index is 6.48. The van der Waals surface area contributed by atoms with Crippen LogP contribution in [0.4, 0.5) is 0 Å². The summed E-state index contributed by atoms with van der Waals surface area (Å²) in [5.41, 5.74) is 1.87. The molecule has 2 atom stereocenters. The smallest absolute Gasteiger partial charge is 0.115 e. The highest BCUT2D eigenvalue weighted by Gasteiger charge is 2.30. The summed E-state index contributed by atoms with van der Waals surface area (Å²) >= 11 is 6.08. The van der Waals surface area contributed by atoms with Crippen molar-refractivity contribution in [3.05, 3.63) is 70.7 Å². The zero-order valence-corrected chi connectivity index (χ0v) is 16.0. The first kappa shape index (κ1) is 18.4. The molecule has 3 rings (SSSR count). The number of rotatable bonds is 7. The quantitative estimate of drug-likeness (QED) is 0.607. The molecule has 25 heavy (non-hydrogen) atoms. The minimum absolute atomic E-state index is 0.451. The summed E-state index contributed by atoms with van der Waals surface area (Å²) in [6, 6.07) is 19.2. The van der Waals surface area contributed by atoms with Crippen LogP contribution in [0.5, 0.6) is 0 Å². The highest BCUT2D eigenvalue weighted by molar-refractivity contribution is 6.30. The molecular formula is C22H28ClNO. The molecule has 1 aliphatic heterocycles. The third-order valence-corrected chi connectivity index (χ3v) is 5.72. The molecule has 1 fully saturated rings. The van der Waals surface area contributed by atoms with Gasteiger partial charge in [0, 0.05) is 17.7 Å². The van der Waals surface area contributed by atoms with Gasteiger partial charge in [0.15, 0.2) is 0 Å². The molecule has 0 saturated carbocycles. The van der Waals surface area contributed by atoms with Gasteiger partial charge in [-0.05, 0) is 69.5 Å². The summed E-state index contributed by atoms with van der Waals surface area (Å²) in [6.45, 7) is 4.16. The Morgan fingerprint density at radius 1 is 1.08 bits per heavy atom. The van der Waals surface area contributed by atoms with Crippen molar-refractivity contribution < 1.29 is 4.74 Å². The number of hydrogen-bond acceptors (Lipinski definition) is 2. The van der Waals surface area contributed by atoms with Crippen LogP contribution in [0.2, 0.25) is 5.02 Å². The number of ether oxygens (including phenoxy) is 1. The molecule has 2 aromatic carbocycles. The fourth-order valence-corrected chi connectivity index (χ4v) is 3.92. The predicted molar refractivity (Wildman–Crippen MR) is 105 cm³/mol. The Balaban J connectivity index is 1.70. The minimum atomic E-state index is -0.451. The van der Waals surface area contributed by atoms with Gasteiger partial charge in [-0.2, -0.15) is 0 Å². The van der Waals surface area contributed by atoms with Crippen LogP contribution < -0.4 is 0 Å². The molecule has 1 saturated heterocycles. The van der Waals surface area contributed by atoms with E-state index in [9.17, 15) is 0 Å². The van der Waals surface area contributed by atoms with Gasteiger partial charge in [-0.15, -0.1) is 0 Å². The van der Waals surface area contributed by atoms with Crippen molar-refractivity contribution in [3.8, 4) is 0 Å². The van der Waals surface area contributed by atoms with Crippen molar-refractivity contribution in [3.63, 3.8) is 0 Å². The van der Waals surface area contributed by atoms with Crippen molar-refractivity contribution >= 4 is 11.6 Å². The van der Waals surface area contributed by atoms with E-state index >= 15 is 0 Å². The van der Waals surface area contributed by atoms with Crippen LogP contribution in [0, 0.1) is 0 Å². The first-order valence-corrected chi connectivity index (χ1v) is 9.63. The fourth-order valence-electron chi connectivity index (χ4n) is 3.80. The van der Waals surface area contributed by atoms with E-state index in [1.165, 1.54) is 31.4 Å². The number of nitrogens with zero attached hydrogens (tertiary/aromatic N) is 1. The van der Waals surface area contributed by atoms with Gasteiger partial charge in [0.05, 0.1) is 0 Å². The zero-order valence-electron chi connectivity index (χ0n) is 15.2. The van der Waals surface area contributed by atoms with Crippen molar-refractivity contribution in [2.75, 3.05) is 20.2 Å². The third kappa shape index (κ3) is 4.44. The summed E-state index contributed by atoms with van der Waals surface area (Å²) in [6.07, 6.45) is 4.95. The van der Waals surface area contributed by atoms with E-state index in [2.05, 4.69) is 55.3 Å². The van der Waals surface area contributed by atoms with Gasteiger partial charge >= 0.3 is 0 Å². The molecule has 134 valence electrons. The summed E-state index contributed by atoms with van der Waals surface area (Å²) in [7, 11) is 2.24. The maximum Gasteiger partial charge on any atom is 0.115 e. The third-order valence-electron chi connectivity index (χ3n) is 5.46. The Hall–Kier alpha value is -1.35. The molecule has 3 heteroatoms. The highest BCUT2D eigenvalue weighted by atomic mass is 35.5. The normalized spacial score (nSPS) is 20.5. The molecule has 2 nitrogen and oxygen atoms in total. The molecule has 1 aliphatic rings. The SMILES string of the molecule is CN1CCCC1CCCO[C@](C)(c1ccccc1)c1ccc(Cl)cc1. The van der Waals surface area contributed by atoms with Crippen LogP contribution >= 0.6 is 11.6 Å². The molecule has 0 amide bonds. The second-order valence-corrected chi connectivity index (χ2v) is 7.61. The number of hydrogen-bond donors (Lipinski definition) is 0. The van der Waals surface area contributed by atoms with Crippen molar-refractivity contribution in [1.29, 1.82) is 0 Å². The molecule has 0 spiro atoms. The van der Waals surface area contributed by atoms with Gasteiger partial charge in [0.1, 0.15) is 5.60 Å². The topological polar surface area (TPSA) is 12.5 Å². The van der Waals surface area contributed by atoms with E-state index in [1.54, 1.807) is 0 Å². The average Bonchev–Trinajstić information content (AvgIpc) is 3.05. The van der Waals surface area contributed by atoms with E-state index in [0.29, 0.717) is 0 Å². The molecule has 0 radical (unpaired) electrons. The van der Waals surface area contributed by atoms with E-state index in [1.807, 2.05) is 18.2 Å². The molecule has 1 heterocycles. The van der Waals surface area contributed by atoms with E-state index in [4.69, 9.17) is 16.3 Å². The average molecular weight is 358 g/mol. The number of benzene rings is 2. The lowest BCUT2D eigenvalue weighted by Gasteiger charge is -2.32. The molecule has 1 unspecified atom stereocenters. The molecule has 0 aromatic heterocycles. The summed E-state index contributed by atoms with van der Waals surface area (Å²) in [4.78, 5) is 2.48. The van der Waals surface area contributed by atoms with Crippen LogP contribution in [-0.2, 0) is 10.3 Å². The van der Waals surface area contributed by atoms with Crippen molar-refractivity contribution in [2.45, 2.75) is 44.2 Å². The predicted octanol–water partition coefficient (Wildman–Crippen LogP) is 5.49. The van der Waals surface area contributed by atoms with Gasteiger partial charge in [-0.25, -0.2) is 0 Å². The van der Waals surface area contributed by atoms with Gasteiger partial charge in [0.25, 0.3) is 0 Å². The number of likely N-dealkylation sites (tertiary alicyclic amines) is 1. The van der Waals surface area contributed by atoms with Gasteiger partial charge in [-0.1, -0.05) is 54.1 Å². The molecule has 0 N–H and O–H groups in total. The summed E-state index contributed by atoms with van der Waals surface area (Å²) in [5, 5.41) is 0.753. The first-order chi connectivity index (χ1) is 12.1. The molecule has 2 aromatic rings.